The van der Waals surface area contributed by atoms with Gasteiger partial charge in [0.05, 0.1) is 14.5 Å². The van der Waals surface area contributed by atoms with Gasteiger partial charge in [0.2, 0.25) is 0 Å². The van der Waals surface area contributed by atoms with E-state index in [0.29, 0.717) is 9.21 Å². The van der Waals surface area contributed by atoms with Gasteiger partial charge in [-0.3, -0.25) is 4.79 Å². The lowest BCUT2D eigenvalue weighted by Gasteiger charge is -2.05. The molecule has 0 saturated carbocycles. The van der Waals surface area contributed by atoms with Crippen molar-refractivity contribution in [1.82, 2.24) is 9.36 Å². The number of rotatable bonds is 4. The van der Waals surface area contributed by atoms with Crippen molar-refractivity contribution < 1.29 is 4.79 Å². The van der Waals surface area contributed by atoms with E-state index in [1.54, 1.807) is 12.1 Å². The van der Waals surface area contributed by atoms with Crippen molar-refractivity contribution >= 4 is 52.0 Å². The van der Waals surface area contributed by atoms with E-state index in [-0.39, 0.29) is 11.0 Å². The van der Waals surface area contributed by atoms with Crippen LogP contribution >= 0.6 is 46.2 Å². The topological polar surface area (TPSA) is 42.9 Å². The first kappa shape index (κ1) is 12.0. The molecule has 16 heavy (non-hydrogen) atoms. The van der Waals surface area contributed by atoms with Crippen LogP contribution in [-0.4, -0.2) is 20.4 Å². The number of thioether (sulfide) groups is 1. The number of thiophene rings is 1. The lowest BCUT2D eigenvalue weighted by atomic mass is 10.2. The Balaban J connectivity index is 2.05. The highest BCUT2D eigenvalue weighted by Crippen LogP contribution is 2.29. The van der Waals surface area contributed by atoms with Crippen LogP contribution < -0.4 is 0 Å². The summed E-state index contributed by atoms with van der Waals surface area (Å²) in [7, 11) is 0. The molecule has 1 unspecified atom stereocenters. The Bertz CT molecular complexity index is 483. The van der Waals surface area contributed by atoms with Crippen LogP contribution in [-0.2, 0) is 0 Å². The molecule has 0 aliphatic rings. The van der Waals surface area contributed by atoms with Gasteiger partial charge in [-0.2, -0.15) is 4.37 Å². The fourth-order valence-electron chi connectivity index (χ4n) is 1.07. The van der Waals surface area contributed by atoms with E-state index < -0.39 is 0 Å². The average molecular weight is 291 g/mol. The summed E-state index contributed by atoms with van der Waals surface area (Å²) >= 11 is 9.82. The first-order valence-corrected chi connectivity index (χ1v) is 7.24. The van der Waals surface area contributed by atoms with E-state index in [9.17, 15) is 4.79 Å². The number of carbonyl (C=O) groups excluding carboxylic acids is 1. The highest BCUT2D eigenvalue weighted by Gasteiger charge is 2.19. The van der Waals surface area contributed by atoms with E-state index in [2.05, 4.69) is 9.36 Å². The highest BCUT2D eigenvalue weighted by atomic mass is 35.5. The maximum absolute atomic E-state index is 12.0. The van der Waals surface area contributed by atoms with Crippen molar-refractivity contribution in [2.24, 2.45) is 0 Å². The minimum Gasteiger partial charge on any atom is -0.292 e. The zero-order valence-electron chi connectivity index (χ0n) is 8.21. The van der Waals surface area contributed by atoms with Crippen molar-refractivity contribution in [3.05, 3.63) is 27.7 Å². The molecule has 7 heteroatoms. The minimum atomic E-state index is -0.164. The number of ketones is 1. The van der Waals surface area contributed by atoms with Crippen molar-refractivity contribution in [2.45, 2.75) is 16.5 Å². The van der Waals surface area contributed by atoms with E-state index in [1.165, 1.54) is 41.0 Å². The second kappa shape index (κ2) is 5.27. The van der Waals surface area contributed by atoms with Crippen molar-refractivity contribution in [3.8, 4) is 0 Å². The number of Topliss-reactive ketones (excluding diaryl/α,β-unsaturated/α-hetero) is 1. The maximum Gasteiger partial charge on any atom is 0.185 e. The van der Waals surface area contributed by atoms with E-state index in [4.69, 9.17) is 11.6 Å². The zero-order valence-corrected chi connectivity index (χ0v) is 11.4. The van der Waals surface area contributed by atoms with Gasteiger partial charge in [0.25, 0.3) is 0 Å². The van der Waals surface area contributed by atoms with Crippen LogP contribution in [0, 0.1) is 0 Å². The van der Waals surface area contributed by atoms with Crippen LogP contribution in [0.25, 0.3) is 0 Å². The molecule has 1 atom stereocenters. The minimum absolute atomic E-state index is 0.0806. The molecule has 2 rings (SSSR count). The van der Waals surface area contributed by atoms with Gasteiger partial charge < -0.3 is 0 Å². The zero-order chi connectivity index (χ0) is 11.5. The Morgan fingerprint density at radius 3 is 2.94 bits per heavy atom. The van der Waals surface area contributed by atoms with Crippen LogP contribution in [0.3, 0.4) is 0 Å². The molecular formula is C9H7ClN2OS3. The molecule has 0 N–H and O–H groups in total. The molecule has 3 nitrogen and oxygen atoms in total. The van der Waals surface area contributed by atoms with Crippen LogP contribution in [0.4, 0.5) is 0 Å². The standard InChI is InChI=1S/C9H7ClN2OS3/c1-5(14-9-11-4-12-16-9)8(13)6-2-3-7(10)15-6/h2-5H,1H3. The van der Waals surface area contributed by atoms with Gasteiger partial charge in [-0.1, -0.05) is 23.4 Å². The fourth-order valence-corrected chi connectivity index (χ4v) is 3.87. The van der Waals surface area contributed by atoms with Gasteiger partial charge in [-0.25, -0.2) is 4.98 Å². The Labute approximate surface area is 110 Å². The lowest BCUT2D eigenvalue weighted by Crippen LogP contribution is -2.11. The molecule has 0 saturated heterocycles. The lowest BCUT2D eigenvalue weighted by molar-refractivity contribution is 0.0998. The average Bonchev–Trinajstić information content (AvgIpc) is 2.88. The number of aromatic nitrogens is 2. The highest BCUT2D eigenvalue weighted by molar-refractivity contribution is 8.02. The molecular weight excluding hydrogens is 284 g/mol. The molecule has 0 spiro atoms. The Kier molecular flexibility index (Phi) is 3.96. The second-order valence-corrected chi connectivity index (χ2v) is 7.02. The third kappa shape index (κ3) is 2.82. The SMILES string of the molecule is CC(Sc1ncns1)C(=O)c1ccc(Cl)s1. The van der Waals surface area contributed by atoms with Gasteiger partial charge in [0, 0.05) is 0 Å². The summed E-state index contributed by atoms with van der Waals surface area (Å²) in [6.45, 7) is 1.86. The van der Waals surface area contributed by atoms with Gasteiger partial charge in [-0.15, -0.1) is 11.3 Å². The molecule has 2 aromatic heterocycles. The third-order valence-electron chi connectivity index (χ3n) is 1.80. The van der Waals surface area contributed by atoms with Crippen molar-refractivity contribution in [2.75, 3.05) is 0 Å². The second-order valence-electron chi connectivity index (χ2n) is 2.94. The molecule has 0 radical (unpaired) electrons. The smallest absolute Gasteiger partial charge is 0.185 e. The normalized spacial score (nSPS) is 12.6. The molecule has 84 valence electrons. The predicted molar refractivity (Wildman–Crippen MR) is 68.9 cm³/mol. The summed E-state index contributed by atoms with van der Waals surface area (Å²) in [5.41, 5.74) is 0. The largest absolute Gasteiger partial charge is 0.292 e. The summed E-state index contributed by atoms with van der Waals surface area (Å²) in [4.78, 5) is 16.7. The molecule has 0 aromatic carbocycles. The van der Waals surface area contributed by atoms with Crippen LogP contribution in [0.15, 0.2) is 22.8 Å². The van der Waals surface area contributed by atoms with Crippen LogP contribution in [0.2, 0.25) is 4.34 Å². The van der Waals surface area contributed by atoms with Crippen molar-refractivity contribution in [3.63, 3.8) is 0 Å². The number of hydrogen-bond donors (Lipinski definition) is 0. The first-order valence-electron chi connectivity index (χ1n) is 4.39. The number of hydrogen-bond acceptors (Lipinski definition) is 6. The molecule has 0 aliphatic carbocycles. The summed E-state index contributed by atoms with van der Waals surface area (Å²) < 4.78 is 5.34. The molecule has 0 amide bonds. The Morgan fingerprint density at radius 2 is 2.38 bits per heavy atom. The molecule has 0 bridgehead atoms. The molecule has 0 fully saturated rings. The molecule has 0 aliphatic heterocycles. The van der Waals surface area contributed by atoms with Crippen LogP contribution in [0.1, 0.15) is 16.6 Å². The molecule has 2 heterocycles. The van der Waals surface area contributed by atoms with Gasteiger partial charge in [0.15, 0.2) is 10.1 Å². The Hall–Kier alpha value is -0.430. The van der Waals surface area contributed by atoms with E-state index in [1.807, 2.05) is 6.92 Å². The first-order chi connectivity index (χ1) is 7.66. The summed E-state index contributed by atoms with van der Waals surface area (Å²) in [6, 6.07) is 3.49. The fraction of sp³-hybridized carbons (Fsp3) is 0.222. The number of nitrogens with zero attached hydrogens (tertiary/aromatic N) is 2. The third-order valence-corrected chi connectivity index (χ3v) is 4.90. The monoisotopic (exact) mass is 290 g/mol. The van der Waals surface area contributed by atoms with Crippen LogP contribution in [0.5, 0.6) is 0 Å². The quantitative estimate of drug-likeness (QED) is 0.637. The summed E-state index contributed by atoms with van der Waals surface area (Å²) in [5, 5.41) is -0.164. The van der Waals surface area contributed by atoms with E-state index >= 15 is 0 Å². The summed E-state index contributed by atoms with van der Waals surface area (Å²) in [6.07, 6.45) is 1.49. The van der Waals surface area contributed by atoms with Gasteiger partial charge in [-0.05, 0) is 30.6 Å². The van der Waals surface area contributed by atoms with Gasteiger partial charge >= 0.3 is 0 Å². The van der Waals surface area contributed by atoms with E-state index in [0.717, 1.165) is 4.34 Å². The molecule has 2 aromatic rings. The van der Waals surface area contributed by atoms with Gasteiger partial charge in [0.1, 0.15) is 6.33 Å². The predicted octanol–water partition coefficient (Wildman–Crippen LogP) is 3.62. The Morgan fingerprint density at radius 1 is 1.56 bits per heavy atom. The maximum atomic E-state index is 12.0. The van der Waals surface area contributed by atoms with Crippen molar-refractivity contribution in [1.29, 1.82) is 0 Å². The summed E-state index contributed by atoms with van der Waals surface area (Å²) in [5.74, 6) is 0.0806. The number of carbonyl (C=O) groups is 1. The number of halogens is 1.